The molecule has 0 aromatic heterocycles. The summed E-state index contributed by atoms with van der Waals surface area (Å²) >= 11 is 11.9. The first kappa shape index (κ1) is 14.6. The fourth-order valence-electron chi connectivity index (χ4n) is 1.88. The second kappa shape index (κ2) is 6.09. The largest absolute Gasteiger partial charge is 0.292 e. The number of nitrogens with zero attached hydrogens (tertiary/aromatic N) is 1. The van der Waals surface area contributed by atoms with Gasteiger partial charge in [-0.3, -0.25) is 4.79 Å². The molecular formula is C16H11Cl2NO. The van der Waals surface area contributed by atoms with Crippen LogP contribution >= 0.6 is 23.2 Å². The molecule has 1 atom stereocenters. The molecule has 0 aliphatic heterocycles. The van der Waals surface area contributed by atoms with E-state index in [1.165, 1.54) is 0 Å². The van der Waals surface area contributed by atoms with E-state index in [0.717, 1.165) is 5.56 Å². The molecule has 1 unspecified atom stereocenters. The number of hydrogen-bond acceptors (Lipinski definition) is 2. The average molecular weight is 304 g/mol. The molecule has 0 N–H and O–H groups in total. The minimum absolute atomic E-state index is 0.281. The first-order chi connectivity index (χ1) is 9.52. The van der Waals surface area contributed by atoms with E-state index in [-0.39, 0.29) is 5.78 Å². The molecule has 0 amide bonds. The van der Waals surface area contributed by atoms with Crippen molar-refractivity contribution in [2.24, 2.45) is 0 Å². The summed E-state index contributed by atoms with van der Waals surface area (Å²) in [6.07, 6.45) is 0. The minimum Gasteiger partial charge on any atom is -0.292 e. The molecule has 2 rings (SSSR count). The monoisotopic (exact) mass is 303 g/mol. The average Bonchev–Trinajstić information content (AvgIpc) is 2.42. The fraction of sp³-hybridized carbons (Fsp3) is 0.125. The Morgan fingerprint density at radius 3 is 2.55 bits per heavy atom. The van der Waals surface area contributed by atoms with Crippen LogP contribution in [0.1, 0.15) is 27.4 Å². The molecule has 2 aromatic carbocycles. The number of ketones is 1. The second-order valence-corrected chi connectivity index (χ2v) is 5.29. The van der Waals surface area contributed by atoms with Crippen molar-refractivity contribution in [3.63, 3.8) is 0 Å². The van der Waals surface area contributed by atoms with Crippen molar-refractivity contribution in [2.75, 3.05) is 0 Å². The topological polar surface area (TPSA) is 40.9 Å². The smallest absolute Gasteiger partial charge is 0.184 e. The van der Waals surface area contributed by atoms with Crippen LogP contribution in [0.5, 0.6) is 0 Å². The van der Waals surface area contributed by atoms with E-state index >= 15 is 0 Å². The molecule has 2 aromatic rings. The highest BCUT2D eigenvalue weighted by Gasteiger charge is 2.22. The van der Waals surface area contributed by atoms with E-state index in [4.69, 9.17) is 23.2 Å². The van der Waals surface area contributed by atoms with Gasteiger partial charge >= 0.3 is 0 Å². The Morgan fingerprint density at radius 2 is 1.95 bits per heavy atom. The van der Waals surface area contributed by atoms with Crippen LogP contribution in [0.2, 0.25) is 10.0 Å². The highest BCUT2D eigenvalue weighted by molar-refractivity contribution is 6.32. The zero-order valence-corrected chi connectivity index (χ0v) is 12.2. The van der Waals surface area contributed by atoms with Crippen LogP contribution in [0, 0.1) is 18.3 Å². The van der Waals surface area contributed by atoms with Crippen molar-refractivity contribution in [2.45, 2.75) is 12.8 Å². The van der Waals surface area contributed by atoms with Gasteiger partial charge in [0.1, 0.15) is 5.92 Å². The molecule has 0 aliphatic rings. The Hall–Kier alpha value is -1.82. The van der Waals surface area contributed by atoms with Crippen molar-refractivity contribution in [3.05, 3.63) is 69.2 Å². The van der Waals surface area contributed by atoms with Crippen molar-refractivity contribution in [3.8, 4) is 6.07 Å². The van der Waals surface area contributed by atoms with E-state index < -0.39 is 5.92 Å². The van der Waals surface area contributed by atoms with Crippen molar-refractivity contribution < 1.29 is 4.79 Å². The van der Waals surface area contributed by atoms with Gasteiger partial charge < -0.3 is 0 Å². The summed E-state index contributed by atoms with van der Waals surface area (Å²) in [6, 6.07) is 13.8. The van der Waals surface area contributed by atoms with Crippen LogP contribution in [0.3, 0.4) is 0 Å². The summed E-state index contributed by atoms with van der Waals surface area (Å²) in [7, 11) is 0. The van der Waals surface area contributed by atoms with Gasteiger partial charge in [0, 0.05) is 15.6 Å². The Labute approximate surface area is 127 Å². The number of benzene rings is 2. The summed E-state index contributed by atoms with van der Waals surface area (Å²) in [5, 5.41) is 10.3. The quantitative estimate of drug-likeness (QED) is 0.765. The maximum absolute atomic E-state index is 12.4. The van der Waals surface area contributed by atoms with Crippen LogP contribution in [0.15, 0.2) is 42.5 Å². The summed E-state index contributed by atoms with van der Waals surface area (Å²) in [4.78, 5) is 12.4. The molecule has 0 fully saturated rings. The predicted octanol–water partition coefficient (Wildman–Crippen LogP) is 4.79. The van der Waals surface area contributed by atoms with Crippen LogP contribution < -0.4 is 0 Å². The summed E-state index contributed by atoms with van der Waals surface area (Å²) in [5.41, 5.74) is 1.90. The van der Waals surface area contributed by atoms with Crippen molar-refractivity contribution >= 4 is 29.0 Å². The molecule has 20 heavy (non-hydrogen) atoms. The molecule has 100 valence electrons. The Bertz CT molecular complexity index is 704. The maximum Gasteiger partial charge on any atom is 0.184 e. The van der Waals surface area contributed by atoms with E-state index in [0.29, 0.717) is 21.2 Å². The van der Waals surface area contributed by atoms with Gasteiger partial charge in [0.25, 0.3) is 0 Å². The number of aryl methyl sites for hydroxylation is 1. The lowest BCUT2D eigenvalue weighted by Crippen LogP contribution is -2.11. The SMILES string of the molecule is Cc1ccc(C(=O)C(C#N)c2cccc(Cl)c2)cc1Cl. The van der Waals surface area contributed by atoms with Gasteiger partial charge in [-0.2, -0.15) is 5.26 Å². The second-order valence-electron chi connectivity index (χ2n) is 4.45. The molecule has 0 heterocycles. The molecule has 0 saturated carbocycles. The van der Waals surface area contributed by atoms with Crippen LogP contribution in [0.4, 0.5) is 0 Å². The first-order valence-corrected chi connectivity index (χ1v) is 6.74. The molecular weight excluding hydrogens is 293 g/mol. The minimum atomic E-state index is -0.882. The van der Waals surface area contributed by atoms with E-state index in [9.17, 15) is 10.1 Å². The zero-order valence-electron chi connectivity index (χ0n) is 10.7. The van der Waals surface area contributed by atoms with Gasteiger partial charge in [-0.15, -0.1) is 0 Å². The van der Waals surface area contributed by atoms with Gasteiger partial charge in [0.05, 0.1) is 6.07 Å². The van der Waals surface area contributed by atoms with Gasteiger partial charge in [-0.1, -0.05) is 47.5 Å². The van der Waals surface area contributed by atoms with Crippen LogP contribution in [-0.2, 0) is 0 Å². The highest BCUT2D eigenvalue weighted by atomic mass is 35.5. The lowest BCUT2D eigenvalue weighted by Gasteiger charge is -2.10. The van der Waals surface area contributed by atoms with Crippen molar-refractivity contribution in [1.82, 2.24) is 0 Å². The highest BCUT2D eigenvalue weighted by Crippen LogP contribution is 2.25. The van der Waals surface area contributed by atoms with Gasteiger partial charge in [0.15, 0.2) is 5.78 Å². The van der Waals surface area contributed by atoms with Crippen LogP contribution in [0.25, 0.3) is 0 Å². The normalized spacial score (nSPS) is 11.7. The Kier molecular flexibility index (Phi) is 4.44. The summed E-state index contributed by atoms with van der Waals surface area (Å²) in [6.45, 7) is 1.86. The van der Waals surface area contributed by atoms with Gasteiger partial charge in [-0.05, 0) is 36.2 Å². The van der Waals surface area contributed by atoms with Crippen LogP contribution in [-0.4, -0.2) is 5.78 Å². The number of carbonyl (C=O) groups excluding carboxylic acids is 1. The number of nitriles is 1. The van der Waals surface area contributed by atoms with Gasteiger partial charge in [0.2, 0.25) is 0 Å². The lowest BCUT2D eigenvalue weighted by molar-refractivity contribution is 0.0979. The predicted molar refractivity (Wildman–Crippen MR) is 80.3 cm³/mol. The molecule has 0 bridgehead atoms. The molecule has 2 nitrogen and oxygen atoms in total. The molecule has 0 radical (unpaired) electrons. The number of hydrogen-bond donors (Lipinski definition) is 0. The zero-order chi connectivity index (χ0) is 14.7. The fourth-order valence-corrected chi connectivity index (χ4v) is 2.26. The number of Topliss-reactive ketones (excluding diaryl/α,β-unsaturated/α-hetero) is 1. The lowest BCUT2D eigenvalue weighted by atomic mass is 9.91. The molecule has 0 aliphatic carbocycles. The standard InChI is InChI=1S/C16H11Cl2NO/c1-10-5-6-12(8-15(10)18)16(20)14(9-19)11-3-2-4-13(17)7-11/h2-8,14H,1H3. The summed E-state index contributed by atoms with van der Waals surface area (Å²) in [5.74, 6) is -1.16. The number of carbonyl (C=O) groups is 1. The maximum atomic E-state index is 12.4. The molecule has 0 spiro atoms. The molecule has 0 saturated heterocycles. The third-order valence-electron chi connectivity index (χ3n) is 3.03. The number of halogens is 2. The van der Waals surface area contributed by atoms with Gasteiger partial charge in [-0.25, -0.2) is 0 Å². The van der Waals surface area contributed by atoms with E-state index in [1.807, 2.05) is 13.0 Å². The van der Waals surface area contributed by atoms with E-state index in [1.54, 1.807) is 42.5 Å². The first-order valence-electron chi connectivity index (χ1n) is 5.98. The molecule has 4 heteroatoms. The Morgan fingerprint density at radius 1 is 1.20 bits per heavy atom. The summed E-state index contributed by atoms with van der Waals surface area (Å²) < 4.78 is 0. The van der Waals surface area contributed by atoms with E-state index in [2.05, 4.69) is 0 Å². The third-order valence-corrected chi connectivity index (χ3v) is 3.67. The Balaban J connectivity index is 2.39. The van der Waals surface area contributed by atoms with Crippen molar-refractivity contribution in [1.29, 1.82) is 5.26 Å². The number of rotatable bonds is 3. The third kappa shape index (κ3) is 3.01.